The van der Waals surface area contributed by atoms with E-state index in [9.17, 15) is 19.5 Å². The summed E-state index contributed by atoms with van der Waals surface area (Å²) < 4.78 is 0. The van der Waals surface area contributed by atoms with Gasteiger partial charge in [0.15, 0.2) is 0 Å². The Morgan fingerprint density at radius 2 is 1.43 bits per heavy atom. The van der Waals surface area contributed by atoms with Crippen LogP contribution in [0.5, 0.6) is 0 Å². The van der Waals surface area contributed by atoms with Crippen molar-refractivity contribution in [3.63, 3.8) is 0 Å². The molecule has 6 nitrogen and oxygen atoms in total. The summed E-state index contributed by atoms with van der Waals surface area (Å²) in [5.41, 5.74) is 2.49. The van der Waals surface area contributed by atoms with Crippen molar-refractivity contribution in [1.82, 2.24) is 10.2 Å². The topological polar surface area (TPSA) is 86.7 Å². The zero-order valence-electron chi connectivity index (χ0n) is 22.2. The Kier molecular flexibility index (Phi) is 11.7. The van der Waals surface area contributed by atoms with E-state index in [1.165, 1.54) is 56.3 Å². The summed E-state index contributed by atoms with van der Waals surface area (Å²) in [6.07, 6.45) is 13.4. The number of amides is 2. The molecule has 2 aromatic carbocycles. The van der Waals surface area contributed by atoms with Gasteiger partial charge in [-0.2, -0.15) is 0 Å². The van der Waals surface area contributed by atoms with Crippen LogP contribution in [-0.2, 0) is 16.1 Å². The molecule has 0 bridgehead atoms. The highest BCUT2D eigenvalue weighted by Gasteiger charge is 2.46. The molecule has 1 fully saturated rings. The molecule has 0 saturated heterocycles. The molecule has 6 heteroatoms. The molecule has 1 aliphatic rings. The van der Waals surface area contributed by atoms with Gasteiger partial charge in [-0.15, -0.1) is 0 Å². The highest BCUT2D eigenvalue weighted by molar-refractivity contribution is 6.31. The molecule has 0 radical (unpaired) electrons. The molecule has 200 valence electrons. The van der Waals surface area contributed by atoms with E-state index < -0.39 is 11.9 Å². The molecule has 3 rings (SSSR count). The molecule has 0 heterocycles. The second-order valence-corrected chi connectivity index (χ2v) is 10.2. The number of carbonyl (C=O) groups is 3. The molecule has 2 aromatic rings. The molecule has 0 spiro atoms. The first-order valence-electron chi connectivity index (χ1n) is 14.0. The standard InChI is InChI=1S/C31H42N2O4/c1-2-3-4-5-6-7-8-9-10-14-21-32-29(34)26-19-17-24(18-20-26)23-33(30(35)31(36)37)28-22-27(28)25-15-12-11-13-16-25/h11-13,15-20,27-28H,2-10,14,21-23H2,1H3,(H,32,34)(H,36,37). The maximum Gasteiger partial charge on any atom is 0.394 e. The fourth-order valence-electron chi connectivity index (χ4n) is 4.92. The molecule has 37 heavy (non-hydrogen) atoms. The molecule has 2 unspecified atom stereocenters. The summed E-state index contributed by atoms with van der Waals surface area (Å²) in [7, 11) is 0. The maximum atomic E-state index is 12.5. The third kappa shape index (κ3) is 9.34. The summed E-state index contributed by atoms with van der Waals surface area (Å²) in [5, 5.41) is 12.3. The number of hydrogen-bond acceptors (Lipinski definition) is 3. The Morgan fingerprint density at radius 3 is 2.03 bits per heavy atom. The van der Waals surface area contributed by atoms with E-state index in [-0.39, 0.29) is 24.4 Å². The van der Waals surface area contributed by atoms with Gasteiger partial charge in [-0.05, 0) is 36.1 Å². The summed E-state index contributed by atoms with van der Waals surface area (Å²) >= 11 is 0. The molecule has 2 amide bonds. The zero-order valence-corrected chi connectivity index (χ0v) is 22.2. The molecule has 2 atom stereocenters. The number of hydrogen-bond donors (Lipinski definition) is 2. The second-order valence-electron chi connectivity index (χ2n) is 10.2. The minimum atomic E-state index is -1.44. The fourth-order valence-corrected chi connectivity index (χ4v) is 4.92. The van der Waals surface area contributed by atoms with Gasteiger partial charge in [0.05, 0.1) is 0 Å². The van der Waals surface area contributed by atoms with Crippen LogP contribution in [0.15, 0.2) is 54.6 Å². The van der Waals surface area contributed by atoms with Gasteiger partial charge >= 0.3 is 11.9 Å². The lowest BCUT2D eigenvalue weighted by Gasteiger charge is -2.21. The number of carboxylic acids is 1. The van der Waals surface area contributed by atoms with Gasteiger partial charge in [0.25, 0.3) is 5.91 Å². The number of nitrogens with one attached hydrogen (secondary N) is 1. The van der Waals surface area contributed by atoms with Crippen molar-refractivity contribution in [3.8, 4) is 0 Å². The fraction of sp³-hybridized carbons (Fsp3) is 0.516. The number of aliphatic carboxylic acids is 1. The van der Waals surface area contributed by atoms with Crippen LogP contribution >= 0.6 is 0 Å². The predicted octanol–water partition coefficient (Wildman–Crippen LogP) is 6.31. The van der Waals surface area contributed by atoms with Crippen LogP contribution in [0.2, 0.25) is 0 Å². The van der Waals surface area contributed by atoms with Crippen LogP contribution in [-0.4, -0.2) is 40.4 Å². The van der Waals surface area contributed by atoms with Gasteiger partial charge in [0, 0.05) is 30.6 Å². The highest BCUT2D eigenvalue weighted by atomic mass is 16.4. The summed E-state index contributed by atoms with van der Waals surface area (Å²) in [4.78, 5) is 37.8. The number of unbranched alkanes of at least 4 members (excludes halogenated alkanes) is 9. The number of nitrogens with zero attached hydrogens (tertiary/aromatic N) is 1. The largest absolute Gasteiger partial charge is 0.474 e. The maximum absolute atomic E-state index is 12.5. The lowest BCUT2D eigenvalue weighted by molar-refractivity contribution is -0.156. The van der Waals surface area contributed by atoms with E-state index in [0.29, 0.717) is 12.1 Å². The van der Waals surface area contributed by atoms with Crippen LogP contribution in [0.25, 0.3) is 0 Å². The number of carboxylic acid groups (broad SMARTS) is 1. The lowest BCUT2D eigenvalue weighted by Crippen LogP contribution is -2.38. The third-order valence-corrected chi connectivity index (χ3v) is 7.21. The molecular formula is C31H42N2O4. The van der Waals surface area contributed by atoms with Gasteiger partial charge in [-0.1, -0.05) is 107 Å². The van der Waals surface area contributed by atoms with Crippen molar-refractivity contribution in [2.75, 3.05) is 6.54 Å². The van der Waals surface area contributed by atoms with Crippen molar-refractivity contribution in [1.29, 1.82) is 0 Å². The van der Waals surface area contributed by atoms with Gasteiger partial charge in [0.1, 0.15) is 0 Å². The van der Waals surface area contributed by atoms with Crippen LogP contribution in [0.4, 0.5) is 0 Å². The Morgan fingerprint density at radius 1 is 0.838 bits per heavy atom. The van der Waals surface area contributed by atoms with Crippen LogP contribution in [0.3, 0.4) is 0 Å². The molecule has 0 aliphatic heterocycles. The average Bonchev–Trinajstić information content (AvgIpc) is 3.71. The highest BCUT2D eigenvalue weighted by Crippen LogP contribution is 2.45. The smallest absolute Gasteiger partial charge is 0.394 e. The summed E-state index contributed by atoms with van der Waals surface area (Å²) in [6, 6.07) is 16.8. The third-order valence-electron chi connectivity index (χ3n) is 7.21. The minimum Gasteiger partial charge on any atom is -0.474 e. The number of rotatable bonds is 16. The second kappa shape index (κ2) is 15.2. The van der Waals surface area contributed by atoms with Gasteiger partial charge < -0.3 is 15.3 Å². The van der Waals surface area contributed by atoms with Gasteiger partial charge in [-0.25, -0.2) is 4.79 Å². The normalized spacial score (nSPS) is 16.2. The van der Waals surface area contributed by atoms with Gasteiger partial charge in [0.2, 0.25) is 0 Å². The van der Waals surface area contributed by atoms with Crippen molar-refractivity contribution >= 4 is 17.8 Å². The average molecular weight is 507 g/mol. The molecule has 1 aliphatic carbocycles. The quantitative estimate of drug-likeness (QED) is 0.206. The van der Waals surface area contributed by atoms with Crippen molar-refractivity contribution < 1.29 is 19.5 Å². The van der Waals surface area contributed by atoms with E-state index in [1.807, 2.05) is 30.3 Å². The minimum absolute atomic E-state index is 0.104. The molecule has 2 N–H and O–H groups in total. The zero-order chi connectivity index (χ0) is 26.5. The van der Waals surface area contributed by atoms with Crippen LogP contribution in [0.1, 0.15) is 105 Å². The monoisotopic (exact) mass is 506 g/mol. The van der Waals surface area contributed by atoms with E-state index in [0.717, 1.165) is 30.4 Å². The Balaban J connectivity index is 1.40. The molecular weight excluding hydrogens is 464 g/mol. The SMILES string of the molecule is CCCCCCCCCCCCNC(=O)c1ccc(CN(C(=O)C(=O)O)C2CC2c2ccccc2)cc1. The number of carbonyl (C=O) groups excluding carboxylic acids is 2. The van der Waals surface area contributed by atoms with E-state index in [2.05, 4.69) is 12.2 Å². The first kappa shape index (κ1) is 28.4. The summed E-state index contributed by atoms with van der Waals surface area (Å²) in [6.45, 7) is 3.12. The van der Waals surface area contributed by atoms with Crippen LogP contribution < -0.4 is 5.32 Å². The first-order valence-corrected chi connectivity index (χ1v) is 14.0. The van der Waals surface area contributed by atoms with Gasteiger partial charge in [-0.3, -0.25) is 9.59 Å². The Labute approximate surface area is 221 Å². The molecule has 1 saturated carbocycles. The van der Waals surface area contributed by atoms with Crippen LogP contribution in [0, 0.1) is 0 Å². The van der Waals surface area contributed by atoms with Crippen molar-refractivity contribution in [2.45, 2.75) is 96.1 Å². The first-order chi connectivity index (χ1) is 18.0. The van der Waals surface area contributed by atoms with Crippen molar-refractivity contribution in [2.24, 2.45) is 0 Å². The predicted molar refractivity (Wildman–Crippen MR) is 146 cm³/mol. The lowest BCUT2D eigenvalue weighted by atomic mass is 10.1. The Hall–Kier alpha value is -3.15. The van der Waals surface area contributed by atoms with Crippen molar-refractivity contribution in [3.05, 3.63) is 71.3 Å². The number of benzene rings is 2. The van der Waals surface area contributed by atoms with E-state index in [1.54, 1.807) is 24.3 Å². The summed E-state index contributed by atoms with van der Waals surface area (Å²) in [5.74, 6) is -2.28. The molecule has 0 aromatic heterocycles. The Bertz CT molecular complexity index is 990. The van der Waals surface area contributed by atoms with E-state index in [4.69, 9.17) is 0 Å². The van der Waals surface area contributed by atoms with E-state index >= 15 is 0 Å².